The lowest BCUT2D eigenvalue weighted by Crippen LogP contribution is -2.15. The van der Waals surface area contributed by atoms with Crippen LogP contribution in [0.1, 0.15) is 6.92 Å². The first-order chi connectivity index (χ1) is 14.4. The van der Waals surface area contributed by atoms with Crippen molar-refractivity contribution in [3.8, 4) is 17.1 Å². The molecule has 1 N–H and O–H groups in total. The second-order valence-electron chi connectivity index (χ2n) is 6.08. The summed E-state index contributed by atoms with van der Waals surface area (Å²) in [6.45, 7) is 2.51. The first-order valence-electron chi connectivity index (χ1n) is 8.88. The highest BCUT2D eigenvalue weighted by molar-refractivity contribution is 7.99. The molecule has 1 aromatic heterocycles. The number of rotatable bonds is 8. The maximum atomic E-state index is 12.3. The van der Waals surface area contributed by atoms with Crippen molar-refractivity contribution in [1.29, 1.82) is 0 Å². The molecule has 1 heterocycles. The summed E-state index contributed by atoms with van der Waals surface area (Å²) in [4.78, 5) is 22.6. The van der Waals surface area contributed by atoms with Crippen molar-refractivity contribution in [3.05, 3.63) is 57.6 Å². The number of benzene rings is 2. The van der Waals surface area contributed by atoms with Gasteiger partial charge < -0.3 is 14.6 Å². The third-order valence-corrected chi connectivity index (χ3v) is 5.38. The number of amides is 1. The average Bonchev–Trinajstić information content (AvgIpc) is 3.09. The number of nitro benzene ring substituents is 1. The van der Waals surface area contributed by atoms with Crippen LogP contribution in [-0.4, -0.2) is 38.0 Å². The number of nitrogens with zero attached hydrogens (tertiary/aromatic N) is 4. The van der Waals surface area contributed by atoms with Gasteiger partial charge in [0, 0.05) is 24.7 Å². The van der Waals surface area contributed by atoms with E-state index in [9.17, 15) is 14.9 Å². The Labute approximate surface area is 181 Å². The number of hydrogen-bond acceptors (Lipinski definition) is 7. The van der Waals surface area contributed by atoms with E-state index in [0.717, 1.165) is 11.3 Å². The molecular weight excluding hydrogens is 430 g/mol. The summed E-state index contributed by atoms with van der Waals surface area (Å²) in [5, 5.41) is 22.6. The summed E-state index contributed by atoms with van der Waals surface area (Å²) in [7, 11) is 1.81. The summed E-state index contributed by atoms with van der Waals surface area (Å²) >= 11 is 7.20. The maximum absolute atomic E-state index is 12.3. The Morgan fingerprint density at radius 3 is 2.67 bits per heavy atom. The van der Waals surface area contributed by atoms with Gasteiger partial charge in [-0.2, -0.15) is 0 Å². The number of thioether (sulfide) groups is 1. The molecule has 0 aliphatic carbocycles. The van der Waals surface area contributed by atoms with E-state index in [-0.39, 0.29) is 28.1 Å². The van der Waals surface area contributed by atoms with E-state index >= 15 is 0 Å². The molecule has 30 heavy (non-hydrogen) atoms. The molecule has 0 saturated heterocycles. The standard InChI is InChI=1S/C19H18ClN5O4S/c1-3-29-14-7-4-12(5-8-14)18-22-23-19(24(18)2)30-11-17(26)21-16-10-13(25(27)28)6-9-15(16)20/h4-10H,3,11H2,1-2H3,(H,21,26). The molecule has 3 rings (SSSR count). The topological polar surface area (TPSA) is 112 Å². The molecule has 0 radical (unpaired) electrons. The number of non-ortho nitro benzene ring substituents is 1. The highest BCUT2D eigenvalue weighted by Crippen LogP contribution is 2.28. The Morgan fingerprint density at radius 1 is 1.27 bits per heavy atom. The quantitative estimate of drug-likeness (QED) is 0.313. The van der Waals surface area contributed by atoms with E-state index in [1.807, 2.05) is 38.2 Å². The monoisotopic (exact) mass is 447 g/mol. The Bertz CT molecular complexity index is 1070. The minimum absolute atomic E-state index is 0.0360. The molecule has 0 spiro atoms. The van der Waals surface area contributed by atoms with Gasteiger partial charge >= 0.3 is 0 Å². The van der Waals surface area contributed by atoms with Gasteiger partial charge in [0.25, 0.3) is 5.69 Å². The van der Waals surface area contributed by atoms with Crippen LogP contribution in [0.15, 0.2) is 47.6 Å². The largest absolute Gasteiger partial charge is 0.494 e. The van der Waals surface area contributed by atoms with Crippen molar-refractivity contribution in [2.75, 3.05) is 17.7 Å². The Hall–Kier alpha value is -3.11. The predicted octanol–water partition coefficient (Wildman–Crippen LogP) is 4.17. The second kappa shape index (κ2) is 9.59. The van der Waals surface area contributed by atoms with Gasteiger partial charge in [-0.1, -0.05) is 23.4 Å². The number of aromatic nitrogens is 3. The SMILES string of the molecule is CCOc1ccc(-c2nnc(SCC(=O)Nc3cc([N+](=O)[O-])ccc3Cl)n2C)cc1. The van der Waals surface area contributed by atoms with Gasteiger partial charge in [-0.25, -0.2) is 0 Å². The van der Waals surface area contributed by atoms with Crippen molar-refractivity contribution < 1.29 is 14.5 Å². The molecule has 0 aliphatic rings. The van der Waals surface area contributed by atoms with Crippen LogP contribution in [-0.2, 0) is 11.8 Å². The van der Waals surface area contributed by atoms with E-state index < -0.39 is 4.92 Å². The Morgan fingerprint density at radius 2 is 2.00 bits per heavy atom. The smallest absolute Gasteiger partial charge is 0.271 e. The first-order valence-corrected chi connectivity index (χ1v) is 10.2. The van der Waals surface area contributed by atoms with Crippen molar-refractivity contribution in [2.45, 2.75) is 12.1 Å². The van der Waals surface area contributed by atoms with Crippen LogP contribution in [0.5, 0.6) is 5.75 Å². The maximum Gasteiger partial charge on any atom is 0.271 e. The fourth-order valence-electron chi connectivity index (χ4n) is 2.60. The number of carbonyl (C=O) groups is 1. The molecule has 0 bridgehead atoms. The number of ether oxygens (including phenoxy) is 1. The third-order valence-electron chi connectivity index (χ3n) is 4.03. The molecule has 0 saturated carbocycles. The van der Waals surface area contributed by atoms with Crippen LogP contribution >= 0.6 is 23.4 Å². The molecule has 11 heteroatoms. The summed E-state index contributed by atoms with van der Waals surface area (Å²) < 4.78 is 7.22. The van der Waals surface area contributed by atoms with Crippen molar-refractivity contribution in [2.24, 2.45) is 7.05 Å². The molecule has 9 nitrogen and oxygen atoms in total. The number of halogens is 1. The van der Waals surface area contributed by atoms with E-state index in [2.05, 4.69) is 15.5 Å². The van der Waals surface area contributed by atoms with Gasteiger partial charge in [0.1, 0.15) is 5.75 Å². The highest BCUT2D eigenvalue weighted by atomic mass is 35.5. The lowest BCUT2D eigenvalue weighted by atomic mass is 10.2. The van der Waals surface area contributed by atoms with E-state index in [1.165, 1.54) is 30.0 Å². The molecule has 0 fully saturated rings. The minimum Gasteiger partial charge on any atom is -0.494 e. The van der Waals surface area contributed by atoms with Crippen LogP contribution in [0, 0.1) is 10.1 Å². The van der Waals surface area contributed by atoms with Crippen LogP contribution in [0.25, 0.3) is 11.4 Å². The number of anilines is 1. The highest BCUT2D eigenvalue weighted by Gasteiger charge is 2.15. The van der Waals surface area contributed by atoms with Gasteiger partial charge in [-0.15, -0.1) is 10.2 Å². The fourth-order valence-corrected chi connectivity index (χ4v) is 3.47. The molecule has 0 unspecified atom stereocenters. The minimum atomic E-state index is -0.553. The normalized spacial score (nSPS) is 10.6. The third kappa shape index (κ3) is 5.08. The van der Waals surface area contributed by atoms with Crippen molar-refractivity contribution in [3.63, 3.8) is 0 Å². The van der Waals surface area contributed by atoms with Crippen molar-refractivity contribution in [1.82, 2.24) is 14.8 Å². The van der Waals surface area contributed by atoms with Crippen LogP contribution in [0.2, 0.25) is 5.02 Å². The summed E-state index contributed by atoms with van der Waals surface area (Å²) in [6, 6.07) is 11.4. The molecule has 2 aromatic carbocycles. The van der Waals surface area contributed by atoms with Gasteiger partial charge in [0.2, 0.25) is 5.91 Å². The molecule has 1 amide bonds. The fraction of sp³-hybridized carbons (Fsp3) is 0.211. The second-order valence-corrected chi connectivity index (χ2v) is 7.43. The van der Waals surface area contributed by atoms with Gasteiger partial charge in [0.15, 0.2) is 11.0 Å². The molecule has 3 aromatic rings. The van der Waals surface area contributed by atoms with E-state index in [0.29, 0.717) is 17.6 Å². The summed E-state index contributed by atoms with van der Waals surface area (Å²) in [6.07, 6.45) is 0. The lowest BCUT2D eigenvalue weighted by Gasteiger charge is -2.07. The summed E-state index contributed by atoms with van der Waals surface area (Å²) in [5.41, 5.74) is 0.897. The van der Waals surface area contributed by atoms with E-state index in [4.69, 9.17) is 16.3 Å². The predicted molar refractivity (Wildman–Crippen MR) is 115 cm³/mol. The molecule has 0 atom stereocenters. The van der Waals surface area contributed by atoms with E-state index in [1.54, 1.807) is 4.57 Å². The van der Waals surface area contributed by atoms with Crippen LogP contribution in [0.4, 0.5) is 11.4 Å². The van der Waals surface area contributed by atoms with Gasteiger partial charge in [0.05, 0.1) is 28.0 Å². The molecule has 0 aliphatic heterocycles. The molecular formula is C19H18ClN5O4S. The number of carbonyl (C=O) groups excluding carboxylic acids is 1. The first kappa shape index (κ1) is 21.6. The lowest BCUT2D eigenvalue weighted by molar-refractivity contribution is -0.384. The van der Waals surface area contributed by atoms with Gasteiger partial charge in [-0.3, -0.25) is 14.9 Å². The van der Waals surface area contributed by atoms with Gasteiger partial charge in [-0.05, 0) is 37.3 Å². The van der Waals surface area contributed by atoms with Crippen molar-refractivity contribution >= 4 is 40.6 Å². The number of nitrogens with one attached hydrogen (secondary N) is 1. The zero-order chi connectivity index (χ0) is 21.7. The number of hydrogen-bond donors (Lipinski definition) is 1. The molecule has 156 valence electrons. The summed E-state index contributed by atoms with van der Waals surface area (Å²) in [5.74, 6) is 1.10. The Balaban J connectivity index is 1.65. The van der Waals surface area contributed by atoms with Crippen LogP contribution in [0.3, 0.4) is 0 Å². The Kier molecular flexibility index (Phi) is 6.91. The zero-order valence-electron chi connectivity index (χ0n) is 16.2. The average molecular weight is 448 g/mol. The zero-order valence-corrected chi connectivity index (χ0v) is 17.7. The number of nitro groups is 1. The van der Waals surface area contributed by atoms with Crippen LogP contribution < -0.4 is 10.1 Å².